The molecule has 0 radical (unpaired) electrons. The van der Waals surface area contributed by atoms with Crippen molar-refractivity contribution in [3.05, 3.63) is 35.4 Å². The largest absolute Gasteiger partial charge is 0.317 e. The number of hydrogen-bond acceptors (Lipinski definition) is 1. The normalized spacial score (nSPS) is 17.8. The van der Waals surface area contributed by atoms with Crippen LogP contribution in [0.5, 0.6) is 0 Å². The lowest BCUT2D eigenvalue weighted by Gasteiger charge is -2.28. The van der Waals surface area contributed by atoms with E-state index in [-0.39, 0.29) is 0 Å². The van der Waals surface area contributed by atoms with E-state index in [2.05, 4.69) is 43.6 Å². The molecule has 1 aromatic rings. The molecule has 17 heavy (non-hydrogen) atoms. The van der Waals surface area contributed by atoms with E-state index in [1.54, 1.807) is 11.1 Å². The number of benzene rings is 1. The Labute approximate surface area is 106 Å². The predicted molar refractivity (Wildman–Crippen MR) is 74.5 cm³/mol. The smallest absolute Gasteiger partial charge is 0.00646 e. The van der Waals surface area contributed by atoms with E-state index in [0.29, 0.717) is 6.04 Å². The molecule has 1 unspecified atom stereocenters. The van der Waals surface area contributed by atoms with Crippen molar-refractivity contribution in [3.63, 3.8) is 0 Å². The molecule has 2 rings (SSSR count). The summed E-state index contributed by atoms with van der Waals surface area (Å²) in [5.41, 5.74) is 3.22. The number of nitrogens with one attached hydrogen (secondary N) is 1. The maximum absolute atomic E-state index is 3.40. The second kappa shape index (κ2) is 6.20. The van der Waals surface area contributed by atoms with Gasteiger partial charge in [0.05, 0.1) is 0 Å². The molecule has 1 aliphatic rings. The minimum Gasteiger partial charge on any atom is -0.317 e. The van der Waals surface area contributed by atoms with Crippen LogP contribution < -0.4 is 5.32 Å². The summed E-state index contributed by atoms with van der Waals surface area (Å²) in [4.78, 5) is 0. The van der Waals surface area contributed by atoms with Crippen LogP contribution in [0, 0.1) is 0 Å². The van der Waals surface area contributed by atoms with Gasteiger partial charge in [-0.25, -0.2) is 0 Å². The van der Waals surface area contributed by atoms with Crippen molar-refractivity contribution in [2.45, 2.75) is 57.4 Å². The number of hydrogen-bond donors (Lipinski definition) is 1. The standard InChI is InChI=1S/C16H25N/c1-3-15(17-2)12-11-14-7-4-5-10-16(14)13-8-6-9-13/h4-5,7,10,13,15,17H,3,6,8-9,11-12H2,1-2H3. The van der Waals surface area contributed by atoms with Gasteiger partial charge in [0.15, 0.2) is 0 Å². The molecule has 1 atom stereocenters. The maximum atomic E-state index is 3.40. The van der Waals surface area contributed by atoms with Crippen molar-refractivity contribution in [2.75, 3.05) is 7.05 Å². The summed E-state index contributed by atoms with van der Waals surface area (Å²) in [6.45, 7) is 2.26. The van der Waals surface area contributed by atoms with Crippen molar-refractivity contribution in [2.24, 2.45) is 0 Å². The van der Waals surface area contributed by atoms with Gasteiger partial charge in [0.2, 0.25) is 0 Å². The molecule has 1 aliphatic carbocycles. The zero-order valence-electron chi connectivity index (χ0n) is 11.2. The molecule has 0 aromatic heterocycles. The molecule has 1 saturated carbocycles. The van der Waals surface area contributed by atoms with E-state index >= 15 is 0 Å². The van der Waals surface area contributed by atoms with Gasteiger partial charge in [0.25, 0.3) is 0 Å². The van der Waals surface area contributed by atoms with Crippen molar-refractivity contribution in [1.82, 2.24) is 5.32 Å². The summed E-state index contributed by atoms with van der Waals surface area (Å²) in [6.07, 6.45) is 7.94. The highest BCUT2D eigenvalue weighted by Crippen LogP contribution is 2.38. The molecular weight excluding hydrogens is 206 g/mol. The van der Waals surface area contributed by atoms with Gasteiger partial charge < -0.3 is 5.32 Å². The van der Waals surface area contributed by atoms with Crippen LogP contribution in [0.4, 0.5) is 0 Å². The Morgan fingerprint density at radius 3 is 2.65 bits per heavy atom. The van der Waals surface area contributed by atoms with E-state index in [4.69, 9.17) is 0 Å². The minimum atomic E-state index is 0.671. The van der Waals surface area contributed by atoms with Crippen LogP contribution in [0.15, 0.2) is 24.3 Å². The first-order chi connectivity index (χ1) is 8.35. The van der Waals surface area contributed by atoms with Crippen molar-refractivity contribution >= 4 is 0 Å². The molecule has 0 aliphatic heterocycles. The third-order valence-electron chi connectivity index (χ3n) is 4.26. The second-order valence-corrected chi connectivity index (χ2v) is 5.26. The third kappa shape index (κ3) is 3.10. The Hall–Kier alpha value is -0.820. The summed E-state index contributed by atoms with van der Waals surface area (Å²) < 4.78 is 0. The van der Waals surface area contributed by atoms with Gasteiger partial charge in [-0.15, -0.1) is 0 Å². The molecular formula is C16H25N. The van der Waals surface area contributed by atoms with Gasteiger partial charge in [-0.1, -0.05) is 37.6 Å². The zero-order chi connectivity index (χ0) is 12.1. The minimum absolute atomic E-state index is 0.671. The Bertz CT molecular complexity index is 337. The fourth-order valence-corrected chi connectivity index (χ4v) is 2.76. The average molecular weight is 231 g/mol. The first-order valence-electron chi connectivity index (χ1n) is 7.10. The zero-order valence-corrected chi connectivity index (χ0v) is 11.2. The summed E-state index contributed by atoms with van der Waals surface area (Å²) >= 11 is 0. The Morgan fingerprint density at radius 2 is 2.06 bits per heavy atom. The summed E-state index contributed by atoms with van der Waals surface area (Å²) in [6, 6.07) is 9.74. The molecule has 0 bridgehead atoms. The lowest BCUT2D eigenvalue weighted by atomic mass is 9.77. The topological polar surface area (TPSA) is 12.0 Å². The van der Waals surface area contributed by atoms with Crippen molar-refractivity contribution < 1.29 is 0 Å². The summed E-state index contributed by atoms with van der Waals surface area (Å²) in [7, 11) is 2.08. The molecule has 94 valence electrons. The number of rotatable bonds is 6. The van der Waals surface area contributed by atoms with Crippen molar-refractivity contribution in [3.8, 4) is 0 Å². The monoisotopic (exact) mass is 231 g/mol. The fraction of sp³-hybridized carbons (Fsp3) is 0.625. The lowest BCUT2D eigenvalue weighted by molar-refractivity contribution is 0.415. The molecule has 0 spiro atoms. The maximum Gasteiger partial charge on any atom is 0.00646 e. The van der Waals surface area contributed by atoms with Crippen molar-refractivity contribution in [1.29, 1.82) is 0 Å². The predicted octanol–water partition coefficient (Wildman–Crippen LogP) is 3.88. The van der Waals surface area contributed by atoms with Crippen LogP contribution in [-0.2, 0) is 6.42 Å². The molecule has 1 nitrogen and oxygen atoms in total. The highest BCUT2D eigenvalue weighted by Gasteiger charge is 2.21. The fourth-order valence-electron chi connectivity index (χ4n) is 2.76. The molecule has 0 saturated heterocycles. The second-order valence-electron chi connectivity index (χ2n) is 5.26. The quantitative estimate of drug-likeness (QED) is 0.783. The molecule has 0 heterocycles. The lowest BCUT2D eigenvalue weighted by Crippen LogP contribution is -2.25. The summed E-state index contributed by atoms with van der Waals surface area (Å²) in [5.74, 6) is 0.862. The van der Waals surface area contributed by atoms with Crippen LogP contribution in [0.2, 0.25) is 0 Å². The van der Waals surface area contributed by atoms with Crippen LogP contribution >= 0.6 is 0 Å². The van der Waals surface area contributed by atoms with Gasteiger partial charge in [0, 0.05) is 6.04 Å². The number of aryl methyl sites for hydroxylation is 1. The summed E-state index contributed by atoms with van der Waals surface area (Å²) in [5, 5.41) is 3.40. The Kier molecular flexibility index (Phi) is 4.61. The average Bonchev–Trinajstić information content (AvgIpc) is 2.30. The SMILES string of the molecule is CCC(CCc1ccccc1C1CCC1)NC. The molecule has 1 aromatic carbocycles. The van der Waals surface area contributed by atoms with Crippen LogP contribution in [0.25, 0.3) is 0 Å². The van der Waals surface area contributed by atoms with E-state index in [0.717, 1.165) is 5.92 Å². The first kappa shape index (κ1) is 12.6. The molecule has 1 N–H and O–H groups in total. The van der Waals surface area contributed by atoms with E-state index < -0.39 is 0 Å². The van der Waals surface area contributed by atoms with Gasteiger partial charge in [0.1, 0.15) is 0 Å². The van der Waals surface area contributed by atoms with Gasteiger partial charge in [-0.2, -0.15) is 0 Å². The third-order valence-corrected chi connectivity index (χ3v) is 4.26. The molecule has 0 amide bonds. The highest BCUT2D eigenvalue weighted by atomic mass is 14.9. The van der Waals surface area contributed by atoms with E-state index in [1.165, 1.54) is 38.5 Å². The highest BCUT2D eigenvalue weighted by molar-refractivity contribution is 5.31. The van der Waals surface area contributed by atoms with Gasteiger partial charge >= 0.3 is 0 Å². The van der Waals surface area contributed by atoms with E-state index in [1.807, 2.05) is 0 Å². The van der Waals surface area contributed by atoms with Gasteiger partial charge in [-0.3, -0.25) is 0 Å². The Morgan fingerprint density at radius 1 is 1.29 bits per heavy atom. The molecule has 1 fully saturated rings. The first-order valence-corrected chi connectivity index (χ1v) is 7.10. The van der Waals surface area contributed by atoms with Crippen LogP contribution in [0.3, 0.4) is 0 Å². The Balaban J connectivity index is 1.99. The van der Waals surface area contributed by atoms with E-state index in [9.17, 15) is 0 Å². The van der Waals surface area contributed by atoms with Gasteiger partial charge in [-0.05, 0) is 56.2 Å². The van der Waals surface area contributed by atoms with Crippen LogP contribution in [-0.4, -0.2) is 13.1 Å². The molecule has 1 heteroatoms. The van der Waals surface area contributed by atoms with Crippen LogP contribution in [0.1, 0.15) is 56.1 Å².